The summed E-state index contributed by atoms with van der Waals surface area (Å²) >= 11 is 0. The first-order chi connectivity index (χ1) is 12.3. The molecule has 1 unspecified atom stereocenters. The second-order valence-electron chi connectivity index (χ2n) is 5.84. The SMILES string of the molecule is CCOC(=O)C(C(=O)c1ccc(N(C)C)cc1)c1ccc([N+](=O)[O-])cc1. The van der Waals surface area contributed by atoms with Crippen LogP contribution in [0.15, 0.2) is 48.5 Å². The first-order valence-electron chi connectivity index (χ1n) is 8.07. The average Bonchev–Trinajstić information content (AvgIpc) is 2.62. The van der Waals surface area contributed by atoms with Gasteiger partial charge < -0.3 is 9.64 Å². The Morgan fingerprint density at radius 2 is 1.65 bits per heavy atom. The molecule has 0 aliphatic rings. The average molecular weight is 356 g/mol. The minimum absolute atomic E-state index is 0.112. The van der Waals surface area contributed by atoms with Crippen LogP contribution in [0, 0.1) is 10.1 Å². The molecule has 0 fully saturated rings. The van der Waals surface area contributed by atoms with Gasteiger partial charge in [0, 0.05) is 37.5 Å². The highest BCUT2D eigenvalue weighted by atomic mass is 16.6. The summed E-state index contributed by atoms with van der Waals surface area (Å²) in [5.74, 6) is -2.26. The van der Waals surface area contributed by atoms with Crippen molar-refractivity contribution in [2.24, 2.45) is 0 Å². The molecule has 0 radical (unpaired) electrons. The van der Waals surface area contributed by atoms with E-state index in [2.05, 4.69) is 0 Å². The molecule has 0 aliphatic carbocycles. The second kappa shape index (κ2) is 8.24. The van der Waals surface area contributed by atoms with E-state index in [4.69, 9.17) is 4.74 Å². The van der Waals surface area contributed by atoms with Gasteiger partial charge in [0.25, 0.3) is 5.69 Å². The Morgan fingerprint density at radius 1 is 1.08 bits per heavy atom. The summed E-state index contributed by atoms with van der Waals surface area (Å²) in [7, 11) is 3.77. The number of esters is 1. The molecular weight excluding hydrogens is 336 g/mol. The fourth-order valence-corrected chi connectivity index (χ4v) is 2.50. The first kappa shape index (κ1) is 19.1. The molecule has 2 aromatic rings. The summed E-state index contributed by atoms with van der Waals surface area (Å²) in [6.07, 6.45) is 0. The van der Waals surface area contributed by atoms with Crippen LogP contribution in [0.5, 0.6) is 0 Å². The molecule has 0 spiro atoms. The Kier molecular flexibility index (Phi) is 6.06. The molecule has 0 bridgehead atoms. The zero-order valence-electron chi connectivity index (χ0n) is 14.8. The van der Waals surface area contributed by atoms with Crippen LogP contribution in [-0.2, 0) is 9.53 Å². The molecule has 0 heterocycles. The molecular formula is C19H20N2O5. The Bertz CT molecular complexity index is 798. The van der Waals surface area contributed by atoms with Crippen molar-refractivity contribution in [3.8, 4) is 0 Å². The van der Waals surface area contributed by atoms with Crippen LogP contribution >= 0.6 is 0 Å². The van der Waals surface area contributed by atoms with Crippen molar-refractivity contribution in [1.29, 1.82) is 0 Å². The number of carbonyl (C=O) groups is 2. The summed E-state index contributed by atoms with van der Waals surface area (Å²) in [6, 6.07) is 12.2. The highest BCUT2D eigenvalue weighted by Crippen LogP contribution is 2.26. The lowest BCUT2D eigenvalue weighted by Crippen LogP contribution is -2.24. The number of ether oxygens (including phenoxy) is 1. The number of anilines is 1. The van der Waals surface area contributed by atoms with E-state index in [1.807, 2.05) is 19.0 Å². The molecule has 7 nitrogen and oxygen atoms in total. The van der Waals surface area contributed by atoms with Crippen molar-refractivity contribution in [3.05, 3.63) is 69.8 Å². The summed E-state index contributed by atoms with van der Waals surface area (Å²) in [5.41, 5.74) is 1.53. The van der Waals surface area contributed by atoms with Crippen LogP contribution in [0.4, 0.5) is 11.4 Å². The molecule has 0 N–H and O–H groups in total. The van der Waals surface area contributed by atoms with Gasteiger partial charge in [-0.2, -0.15) is 0 Å². The highest BCUT2D eigenvalue weighted by Gasteiger charge is 2.31. The number of nitro groups is 1. The van der Waals surface area contributed by atoms with Crippen molar-refractivity contribution >= 4 is 23.1 Å². The van der Waals surface area contributed by atoms with Crippen molar-refractivity contribution in [2.45, 2.75) is 12.8 Å². The number of hydrogen-bond donors (Lipinski definition) is 0. The fraction of sp³-hybridized carbons (Fsp3) is 0.263. The Balaban J connectivity index is 2.38. The van der Waals surface area contributed by atoms with E-state index in [9.17, 15) is 19.7 Å². The summed E-state index contributed by atoms with van der Waals surface area (Å²) < 4.78 is 5.04. The van der Waals surface area contributed by atoms with Gasteiger partial charge in [0.05, 0.1) is 11.5 Å². The lowest BCUT2D eigenvalue weighted by molar-refractivity contribution is -0.384. The van der Waals surface area contributed by atoms with Crippen molar-refractivity contribution in [1.82, 2.24) is 0 Å². The van der Waals surface area contributed by atoms with Crippen LogP contribution in [0.3, 0.4) is 0 Å². The number of Topliss-reactive ketones (excluding diaryl/α,β-unsaturated/α-hetero) is 1. The predicted molar refractivity (Wildman–Crippen MR) is 97.6 cm³/mol. The van der Waals surface area contributed by atoms with Crippen LogP contribution in [0.2, 0.25) is 0 Å². The zero-order valence-corrected chi connectivity index (χ0v) is 14.8. The van der Waals surface area contributed by atoms with Crippen molar-refractivity contribution in [2.75, 3.05) is 25.6 Å². The monoisotopic (exact) mass is 356 g/mol. The molecule has 0 amide bonds. The van der Waals surface area contributed by atoms with E-state index in [1.54, 1.807) is 31.2 Å². The molecule has 1 atom stereocenters. The molecule has 136 valence electrons. The van der Waals surface area contributed by atoms with E-state index in [0.717, 1.165) is 5.69 Å². The number of carbonyl (C=O) groups excluding carboxylic acids is 2. The van der Waals surface area contributed by atoms with Gasteiger partial charge in [0.1, 0.15) is 5.92 Å². The third-order valence-corrected chi connectivity index (χ3v) is 3.89. The van der Waals surface area contributed by atoms with Gasteiger partial charge in [-0.1, -0.05) is 12.1 Å². The molecule has 0 saturated heterocycles. The van der Waals surface area contributed by atoms with E-state index < -0.39 is 22.6 Å². The van der Waals surface area contributed by atoms with Gasteiger partial charge in [-0.15, -0.1) is 0 Å². The van der Waals surface area contributed by atoms with Gasteiger partial charge in [0.2, 0.25) is 0 Å². The minimum Gasteiger partial charge on any atom is -0.465 e. The van der Waals surface area contributed by atoms with E-state index in [1.165, 1.54) is 24.3 Å². The summed E-state index contributed by atoms with van der Waals surface area (Å²) in [4.78, 5) is 37.4. The predicted octanol–water partition coefficient (Wildman–Crippen LogP) is 3.19. The van der Waals surface area contributed by atoms with Crippen LogP contribution < -0.4 is 4.90 Å². The van der Waals surface area contributed by atoms with E-state index in [0.29, 0.717) is 11.1 Å². The Morgan fingerprint density at radius 3 is 2.12 bits per heavy atom. The maximum Gasteiger partial charge on any atom is 0.321 e. The van der Waals surface area contributed by atoms with Crippen LogP contribution in [-0.4, -0.2) is 37.4 Å². The number of benzene rings is 2. The molecule has 2 rings (SSSR count). The van der Waals surface area contributed by atoms with Crippen LogP contribution in [0.25, 0.3) is 0 Å². The molecule has 26 heavy (non-hydrogen) atoms. The second-order valence-corrected chi connectivity index (χ2v) is 5.84. The maximum atomic E-state index is 12.9. The summed E-state index contributed by atoms with van der Waals surface area (Å²) in [6.45, 7) is 1.79. The smallest absolute Gasteiger partial charge is 0.321 e. The number of hydrogen-bond acceptors (Lipinski definition) is 6. The van der Waals surface area contributed by atoms with Gasteiger partial charge in [-0.05, 0) is 36.8 Å². The lowest BCUT2D eigenvalue weighted by atomic mass is 9.90. The van der Waals surface area contributed by atoms with Crippen LogP contribution in [0.1, 0.15) is 28.8 Å². The van der Waals surface area contributed by atoms with Gasteiger partial charge >= 0.3 is 5.97 Å². The Hall–Kier alpha value is -3.22. The number of rotatable bonds is 7. The van der Waals surface area contributed by atoms with Gasteiger partial charge in [-0.25, -0.2) is 0 Å². The maximum absolute atomic E-state index is 12.9. The molecule has 2 aromatic carbocycles. The quantitative estimate of drug-likeness (QED) is 0.249. The normalized spacial score (nSPS) is 11.5. The largest absolute Gasteiger partial charge is 0.465 e. The molecule has 0 saturated carbocycles. The van der Waals surface area contributed by atoms with Gasteiger partial charge in [-0.3, -0.25) is 19.7 Å². The summed E-state index contributed by atoms with van der Waals surface area (Å²) in [5, 5.41) is 10.8. The molecule has 7 heteroatoms. The van der Waals surface area contributed by atoms with E-state index in [-0.39, 0.29) is 12.3 Å². The standard InChI is InChI=1S/C19H20N2O5/c1-4-26-19(23)17(13-5-11-16(12-6-13)21(24)25)18(22)14-7-9-15(10-8-14)20(2)3/h5-12,17H,4H2,1-3H3. The third-order valence-electron chi connectivity index (χ3n) is 3.89. The van der Waals surface area contributed by atoms with Crippen molar-refractivity contribution < 1.29 is 19.2 Å². The third kappa shape index (κ3) is 4.24. The van der Waals surface area contributed by atoms with E-state index >= 15 is 0 Å². The fourth-order valence-electron chi connectivity index (χ4n) is 2.50. The zero-order chi connectivity index (χ0) is 19.3. The number of nitro benzene ring substituents is 1. The lowest BCUT2D eigenvalue weighted by Gasteiger charge is -2.16. The van der Waals surface area contributed by atoms with Crippen molar-refractivity contribution in [3.63, 3.8) is 0 Å². The minimum atomic E-state index is -1.17. The number of non-ortho nitro benzene ring substituents is 1. The number of nitrogens with zero attached hydrogens (tertiary/aromatic N) is 2. The molecule has 0 aliphatic heterocycles. The first-order valence-corrected chi connectivity index (χ1v) is 8.07. The van der Waals surface area contributed by atoms with Gasteiger partial charge in [0.15, 0.2) is 5.78 Å². The topological polar surface area (TPSA) is 89.8 Å². The molecule has 0 aromatic heterocycles. The highest BCUT2D eigenvalue weighted by molar-refractivity contribution is 6.13. The Labute approximate surface area is 151 Å². The number of ketones is 1.